The Kier molecular flexibility index (Phi) is 3.63. The summed E-state index contributed by atoms with van der Waals surface area (Å²) in [6.45, 7) is 0. The fourth-order valence-corrected chi connectivity index (χ4v) is 3.81. The molecule has 2 N–H and O–H groups in total. The molecule has 112 valence electrons. The van der Waals surface area contributed by atoms with Gasteiger partial charge in [-0.05, 0) is 67.3 Å². The molecule has 0 fully saturated rings. The number of rotatable bonds is 2. The molecule has 1 aliphatic carbocycles. The molecule has 0 saturated heterocycles. The number of aryl methyl sites for hydroxylation is 1. The molecule has 4 heteroatoms. The van der Waals surface area contributed by atoms with E-state index in [1.54, 1.807) is 0 Å². The molecule has 22 heavy (non-hydrogen) atoms. The van der Waals surface area contributed by atoms with Crippen molar-refractivity contribution in [3.05, 3.63) is 63.2 Å². The van der Waals surface area contributed by atoms with Gasteiger partial charge in [0.2, 0.25) is 0 Å². The van der Waals surface area contributed by atoms with Gasteiger partial charge >= 0.3 is 0 Å². The molecular weight excluding hydrogens is 360 g/mol. The van der Waals surface area contributed by atoms with Crippen LogP contribution in [-0.4, -0.2) is 4.98 Å². The number of H-pyrrole nitrogens is 1. The summed E-state index contributed by atoms with van der Waals surface area (Å²) in [4.78, 5) is 3.62. The molecule has 1 atom stereocenters. The van der Waals surface area contributed by atoms with E-state index in [1.165, 1.54) is 28.6 Å². The average Bonchev–Trinajstić information content (AvgIpc) is 2.89. The fourth-order valence-electron chi connectivity index (χ4n) is 3.33. The Hall–Kier alpha value is -1.45. The van der Waals surface area contributed by atoms with Crippen molar-refractivity contribution in [1.29, 1.82) is 0 Å². The normalized spacial score (nSPS) is 17.5. The Bertz CT molecular complexity index is 823. The first kappa shape index (κ1) is 14.2. The molecule has 0 bridgehead atoms. The highest BCUT2D eigenvalue weighted by molar-refractivity contribution is 9.10. The second-order valence-electron chi connectivity index (χ2n) is 5.80. The number of aromatic nitrogens is 1. The summed E-state index contributed by atoms with van der Waals surface area (Å²) in [5, 5.41) is 5.75. The third kappa shape index (κ3) is 2.53. The van der Waals surface area contributed by atoms with Crippen molar-refractivity contribution in [2.45, 2.75) is 25.3 Å². The smallest absolute Gasteiger partial charge is 0.0666 e. The number of benzene rings is 2. The van der Waals surface area contributed by atoms with E-state index in [4.69, 9.17) is 11.6 Å². The molecule has 2 nitrogen and oxygen atoms in total. The van der Waals surface area contributed by atoms with E-state index >= 15 is 0 Å². The number of hydrogen-bond donors (Lipinski definition) is 2. The summed E-state index contributed by atoms with van der Waals surface area (Å²) in [7, 11) is 0. The van der Waals surface area contributed by atoms with Crippen LogP contribution in [0.2, 0.25) is 5.02 Å². The highest BCUT2D eigenvalue weighted by Crippen LogP contribution is 2.37. The SMILES string of the molecule is Clc1ccc(N[C@H]2CCCc3c2[nH]c2ccc(Br)cc32)cc1. The lowest BCUT2D eigenvalue weighted by atomic mass is 9.91. The van der Waals surface area contributed by atoms with Crippen LogP contribution >= 0.6 is 27.5 Å². The second kappa shape index (κ2) is 5.64. The van der Waals surface area contributed by atoms with Gasteiger partial charge in [0.25, 0.3) is 0 Å². The predicted molar refractivity (Wildman–Crippen MR) is 96.8 cm³/mol. The van der Waals surface area contributed by atoms with Gasteiger partial charge in [0, 0.05) is 31.8 Å². The standard InChI is InChI=1S/C18H16BrClN2/c19-11-4-9-16-15(10-11)14-2-1-3-17(18(14)22-16)21-13-7-5-12(20)6-8-13/h4-10,17,21-22H,1-3H2/t17-/m0/s1. The molecule has 4 rings (SSSR count). The van der Waals surface area contributed by atoms with Crippen molar-refractivity contribution in [2.24, 2.45) is 0 Å². The molecule has 3 aromatic rings. The van der Waals surface area contributed by atoms with Gasteiger partial charge in [-0.15, -0.1) is 0 Å². The molecule has 0 spiro atoms. The van der Waals surface area contributed by atoms with Crippen molar-refractivity contribution >= 4 is 44.1 Å². The Morgan fingerprint density at radius 2 is 1.95 bits per heavy atom. The second-order valence-corrected chi connectivity index (χ2v) is 7.16. The van der Waals surface area contributed by atoms with Crippen LogP contribution in [0.15, 0.2) is 46.9 Å². The van der Waals surface area contributed by atoms with E-state index in [2.05, 4.69) is 44.4 Å². The van der Waals surface area contributed by atoms with E-state index in [0.717, 1.165) is 28.0 Å². The monoisotopic (exact) mass is 374 g/mol. The molecule has 1 aliphatic rings. The lowest BCUT2D eigenvalue weighted by Crippen LogP contribution is -2.17. The van der Waals surface area contributed by atoms with Crippen LogP contribution in [0.1, 0.15) is 30.1 Å². The number of fused-ring (bicyclic) bond motifs is 3. The van der Waals surface area contributed by atoms with Gasteiger partial charge in [-0.2, -0.15) is 0 Å². The minimum atomic E-state index is 0.330. The molecule has 1 heterocycles. The van der Waals surface area contributed by atoms with Gasteiger partial charge in [-0.3, -0.25) is 0 Å². The van der Waals surface area contributed by atoms with Crippen LogP contribution in [-0.2, 0) is 6.42 Å². The first-order chi connectivity index (χ1) is 10.7. The summed E-state index contributed by atoms with van der Waals surface area (Å²) in [6.07, 6.45) is 3.49. The zero-order valence-electron chi connectivity index (χ0n) is 12.0. The van der Waals surface area contributed by atoms with E-state index in [0.29, 0.717) is 6.04 Å². The van der Waals surface area contributed by atoms with Crippen LogP contribution in [0.4, 0.5) is 5.69 Å². The maximum Gasteiger partial charge on any atom is 0.0666 e. The maximum absolute atomic E-state index is 5.97. The molecule has 0 radical (unpaired) electrons. The van der Waals surface area contributed by atoms with Crippen molar-refractivity contribution in [3.8, 4) is 0 Å². The van der Waals surface area contributed by atoms with Gasteiger partial charge < -0.3 is 10.3 Å². The van der Waals surface area contributed by atoms with Crippen molar-refractivity contribution in [3.63, 3.8) is 0 Å². The highest BCUT2D eigenvalue weighted by atomic mass is 79.9. The van der Waals surface area contributed by atoms with Gasteiger partial charge in [0.15, 0.2) is 0 Å². The molecule has 0 aliphatic heterocycles. The van der Waals surface area contributed by atoms with Crippen LogP contribution < -0.4 is 5.32 Å². The summed E-state index contributed by atoms with van der Waals surface area (Å²) < 4.78 is 1.13. The van der Waals surface area contributed by atoms with Gasteiger partial charge in [0.1, 0.15) is 0 Å². The van der Waals surface area contributed by atoms with Crippen molar-refractivity contribution in [1.82, 2.24) is 4.98 Å². The Labute approximate surface area is 143 Å². The summed E-state index contributed by atoms with van der Waals surface area (Å²) >= 11 is 9.54. The zero-order chi connectivity index (χ0) is 15.1. The Balaban J connectivity index is 1.72. The summed E-state index contributed by atoms with van der Waals surface area (Å²) in [6, 6.07) is 14.7. The minimum Gasteiger partial charge on any atom is -0.377 e. The number of hydrogen-bond acceptors (Lipinski definition) is 1. The lowest BCUT2D eigenvalue weighted by molar-refractivity contribution is 0.593. The predicted octanol–water partition coefficient (Wildman–Crippen LogP) is 6.07. The third-order valence-electron chi connectivity index (χ3n) is 4.35. The Morgan fingerprint density at radius 1 is 1.14 bits per heavy atom. The van der Waals surface area contributed by atoms with Gasteiger partial charge in [0.05, 0.1) is 6.04 Å². The fraction of sp³-hybridized carbons (Fsp3) is 0.222. The van der Waals surface area contributed by atoms with Crippen LogP contribution in [0.5, 0.6) is 0 Å². The lowest BCUT2D eigenvalue weighted by Gasteiger charge is -2.24. The molecule has 0 unspecified atom stereocenters. The molecule has 0 saturated carbocycles. The van der Waals surface area contributed by atoms with E-state index in [9.17, 15) is 0 Å². The quantitative estimate of drug-likeness (QED) is 0.558. The maximum atomic E-state index is 5.97. The largest absolute Gasteiger partial charge is 0.377 e. The van der Waals surface area contributed by atoms with Gasteiger partial charge in [-0.1, -0.05) is 27.5 Å². The highest BCUT2D eigenvalue weighted by Gasteiger charge is 2.24. The Morgan fingerprint density at radius 3 is 2.77 bits per heavy atom. The molecule has 2 aromatic carbocycles. The van der Waals surface area contributed by atoms with E-state index in [-0.39, 0.29) is 0 Å². The first-order valence-corrected chi connectivity index (χ1v) is 8.70. The number of nitrogens with one attached hydrogen (secondary N) is 2. The third-order valence-corrected chi connectivity index (χ3v) is 5.10. The topological polar surface area (TPSA) is 27.8 Å². The van der Waals surface area contributed by atoms with E-state index in [1.807, 2.05) is 24.3 Å². The van der Waals surface area contributed by atoms with Crippen LogP contribution in [0.3, 0.4) is 0 Å². The average molecular weight is 376 g/mol. The van der Waals surface area contributed by atoms with Crippen LogP contribution in [0.25, 0.3) is 10.9 Å². The van der Waals surface area contributed by atoms with Crippen molar-refractivity contribution < 1.29 is 0 Å². The molecular formula is C18H16BrClN2. The molecule has 1 aromatic heterocycles. The number of halogens is 2. The van der Waals surface area contributed by atoms with Crippen LogP contribution in [0, 0.1) is 0 Å². The zero-order valence-corrected chi connectivity index (χ0v) is 14.3. The summed E-state index contributed by atoms with van der Waals surface area (Å²) in [5.74, 6) is 0. The number of aromatic amines is 1. The van der Waals surface area contributed by atoms with Gasteiger partial charge in [-0.25, -0.2) is 0 Å². The van der Waals surface area contributed by atoms with E-state index < -0.39 is 0 Å². The molecule has 0 amide bonds. The minimum absolute atomic E-state index is 0.330. The first-order valence-electron chi connectivity index (χ1n) is 7.53. The van der Waals surface area contributed by atoms with Crippen molar-refractivity contribution in [2.75, 3.05) is 5.32 Å². The number of anilines is 1. The summed E-state index contributed by atoms with van der Waals surface area (Å²) in [5.41, 5.74) is 5.11.